The van der Waals surface area contributed by atoms with Crippen LogP contribution in [0.4, 0.5) is 21.5 Å². The molecule has 0 atom stereocenters. The van der Waals surface area contributed by atoms with Crippen LogP contribution in [0.15, 0.2) is 47.4 Å². The highest BCUT2D eigenvalue weighted by Gasteiger charge is 2.19. The number of nitro groups is 1. The second kappa shape index (κ2) is 5.37. The third-order valence-electron chi connectivity index (χ3n) is 2.60. The van der Waals surface area contributed by atoms with Crippen LogP contribution in [-0.4, -0.2) is 13.3 Å². The first-order valence-corrected chi connectivity index (χ1v) is 7.10. The molecule has 0 spiro atoms. The van der Waals surface area contributed by atoms with Crippen LogP contribution in [0.2, 0.25) is 0 Å². The Labute approximate surface area is 119 Å². The predicted octanol–water partition coefficient (Wildman–Crippen LogP) is 2.12. The predicted molar refractivity (Wildman–Crippen MR) is 74.7 cm³/mol. The third kappa shape index (κ3) is 3.26. The average molecular weight is 311 g/mol. The summed E-state index contributed by atoms with van der Waals surface area (Å²) >= 11 is 0. The van der Waals surface area contributed by atoms with Gasteiger partial charge < -0.3 is 5.73 Å². The van der Waals surface area contributed by atoms with E-state index in [-0.39, 0.29) is 22.0 Å². The fourth-order valence-electron chi connectivity index (χ4n) is 1.60. The highest BCUT2D eigenvalue weighted by Crippen LogP contribution is 2.25. The Hall–Kier alpha value is -2.68. The van der Waals surface area contributed by atoms with Crippen molar-refractivity contribution in [2.75, 3.05) is 10.5 Å². The van der Waals surface area contributed by atoms with Crippen molar-refractivity contribution in [1.82, 2.24) is 0 Å². The summed E-state index contributed by atoms with van der Waals surface area (Å²) in [6.07, 6.45) is 0. The van der Waals surface area contributed by atoms with E-state index in [0.717, 1.165) is 30.3 Å². The van der Waals surface area contributed by atoms with E-state index in [2.05, 4.69) is 4.72 Å². The number of anilines is 2. The minimum Gasteiger partial charge on any atom is -0.393 e. The van der Waals surface area contributed by atoms with Crippen LogP contribution in [0.25, 0.3) is 0 Å². The molecular formula is C12H10FN3O4S. The lowest BCUT2D eigenvalue weighted by Crippen LogP contribution is -2.13. The molecule has 0 aliphatic heterocycles. The molecule has 0 amide bonds. The van der Waals surface area contributed by atoms with Gasteiger partial charge in [0, 0.05) is 11.8 Å². The highest BCUT2D eigenvalue weighted by atomic mass is 32.2. The van der Waals surface area contributed by atoms with Crippen LogP contribution in [0.1, 0.15) is 0 Å². The molecular weight excluding hydrogens is 301 g/mol. The molecule has 2 rings (SSSR count). The monoisotopic (exact) mass is 311 g/mol. The molecule has 2 aromatic carbocycles. The van der Waals surface area contributed by atoms with Gasteiger partial charge in [0.2, 0.25) is 0 Å². The Morgan fingerprint density at radius 1 is 1.14 bits per heavy atom. The summed E-state index contributed by atoms with van der Waals surface area (Å²) in [5.74, 6) is -0.502. The molecule has 0 bridgehead atoms. The molecule has 0 unspecified atom stereocenters. The van der Waals surface area contributed by atoms with Crippen molar-refractivity contribution in [2.45, 2.75) is 4.90 Å². The van der Waals surface area contributed by atoms with Crippen LogP contribution in [0, 0.1) is 15.9 Å². The first-order valence-electron chi connectivity index (χ1n) is 5.62. The van der Waals surface area contributed by atoms with Gasteiger partial charge in [0.05, 0.1) is 9.82 Å². The summed E-state index contributed by atoms with van der Waals surface area (Å²) in [4.78, 5) is 9.69. The van der Waals surface area contributed by atoms with Gasteiger partial charge in [-0.1, -0.05) is 0 Å². The lowest BCUT2D eigenvalue weighted by Gasteiger charge is -2.08. The van der Waals surface area contributed by atoms with Crippen LogP contribution >= 0.6 is 0 Å². The average Bonchev–Trinajstić information content (AvgIpc) is 2.40. The van der Waals surface area contributed by atoms with Gasteiger partial charge in [0.1, 0.15) is 11.5 Å². The summed E-state index contributed by atoms with van der Waals surface area (Å²) < 4.78 is 39.2. The molecule has 110 valence electrons. The zero-order chi connectivity index (χ0) is 15.6. The van der Waals surface area contributed by atoms with Crippen molar-refractivity contribution in [2.24, 2.45) is 0 Å². The lowest BCUT2D eigenvalue weighted by atomic mass is 10.3. The second-order valence-electron chi connectivity index (χ2n) is 4.09. The van der Waals surface area contributed by atoms with Crippen molar-refractivity contribution in [1.29, 1.82) is 0 Å². The number of hydrogen-bond acceptors (Lipinski definition) is 5. The molecule has 21 heavy (non-hydrogen) atoms. The summed E-state index contributed by atoms with van der Waals surface area (Å²) in [6, 6.07) is 7.77. The van der Waals surface area contributed by atoms with E-state index in [1.165, 1.54) is 12.1 Å². The van der Waals surface area contributed by atoms with E-state index in [9.17, 15) is 22.9 Å². The molecule has 3 N–H and O–H groups in total. The van der Waals surface area contributed by atoms with E-state index in [4.69, 9.17) is 5.73 Å². The number of rotatable bonds is 4. The number of nitrogen functional groups attached to an aromatic ring is 1. The van der Waals surface area contributed by atoms with Gasteiger partial charge in [0.15, 0.2) is 0 Å². The lowest BCUT2D eigenvalue weighted by molar-refractivity contribution is -0.383. The zero-order valence-electron chi connectivity index (χ0n) is 10.5. The molecule has 0 heterocycles. The largest absolute Gasteiger partial charge is 0.393 e. The first kappa shape index (κ1) is 14.7. The van der Waals surface area contributed by atoms with Gasteiger partial charge >= 0.3 is 0 Å². The molecule has 0 aromatic heterocycles. The maximum Gasteiger partial charge on any atom is 0.292 e. The fraction of sp³-hybridized carbons (Fsp3) is 0. The molecule has 0 saturated heterocycles. The van der Waals surface area contributed by atoms with Crippen LogP contribution in [0.3, 0.4) is 0 Å². The van der Waals surface area contributed by atoms with E-state index >= 15 is 0 Å². The number of nitro benzene ring substituents is 1. The van der Waals surface area contributed by atoms with Gasteiger partial charge in [0.25, 0.3) is 15.7 Å². The van der Waals surface area contributed by atoms with Crippen LogP contribution in [0.5, 0.6) is 0 Å². The van der Waals surface area contributed by atoms with Crippen molar-refractivity contribution < 1.29 is 17.7 Å². The Kier molecular flexibility index (Phi) is 3.76. The van der Waals surface area contributed by atoms with E-state index in [1.54, 1.807) is 0 Å². The zero-order valence-corrected chi connectivity index (χ0v) is 11.3. The smallest absolute Gasteiger partial charge is 0.292 e. The van der Waals surface area contributed by atoms with Gasteiger partial charge in [-0.3, -0.25) is 14.8 Å². The van der Waals surface area contributed by atoms with Crippen LogP contribution in [-0.2, 0) is 10.0 Å². The number of nitrogens with zero attached hydrogens (tertiary/aromatic N) is 1. The Bertz CT molecular complexity index is 791. The summed E-state index contributed by atoms with van der Waals surface area (Å²) in [6.45, 7) is 0. The van der Waals surface area contributed by atoms with Crippen molar-refractivity contribution in [3.63, 3.8) is 0 Å². The Morgan fingerprint density at radius 2 is 1.76 bits per heavy atom. The fourth-order valence-corrected chi connectivity index (χ4v) is 2.69. The maximum absolute atomic E-state index is 12.8. The molecule has 0 saturated carbocycles. The van der Waals surface area contributed by atoms with Gasteiger partial charge in [-0.05, 0) is 36.4 Å². The summed E-state index contributed by atoms with van der Waals surface area (Å²) in [7, 11) is -3.97. The number of hydrogen-bond donors (Lipinski definition) is 2. The van der Waals surface area contributed by atoms with Crippen molar-refractivity contribution in [3.8, 4) is 0 Å². The quantitative estimate of drug-likeness (QED) is 0.510. The van der Waals surface area contributed by atoms with Gasteiger partial charge in [-0.25, -0.2) is 12.8 Å². The second-order valence-corrected chi connectivity index (χ2v) is 5.77. The van der Waals surface area contributed by atoms with Crippen molar-refractivity contribution >= 4 is 27.1 Å². The minimum atomic E-state index is -3.97. The molecule has 0 aliphatic carbocycles. The maximum atomic E-state index is 12.8. The molecule has 0 radical (unpaired) electrons. The minimum absolute atomic E-state index is 0.160. The molecule has 2 aromatic rings. The highest BCUT2D eigenvalue weighted by molar-refractivity contribution is 7.92. The molecule has 9 heteroatoms. The number of sulfonamides is 1. The van der Waals surface area contributed by atoms with Gasteiger partial charge in [-0.2, -0.15) is 0 Å². The van der Waals surface area contributed by atoms with E-state index in [0.29, 0.717) is 0 Å². The van der Waals surface area contributed by atoms with Gasteiger partial charge in [-0.15, -0.1) is 0 Å². The SMILES string of the molecule is Nc1cc(S(=O)(=O)Nc2ccc(F)cc2)ccc1[N+](=O)[O-]. The number of benzene rings is 2. The summed E-state index contributed by atoms with van der Waals surface area (Å²) in [5, 5.41) is 10.6. The third-order valence-corrected chi connectivity index (χ3v) is 3.98. The van der Waals surface area contributed by atoms with Crippen molar-refractivity contribution in [3.05, 3.63) is 58.4 Å². The Balaban J connectivity index is 2.33. The number of nitrogens with two attached hydrogens (primary N) is 1. The molecule has 0 fully saturated rings. The first-order chi connectivity index (χ1) is 9.79. The van der Waals surface area contributed by atoms with E-state index in [1.807, 2.05) is 0 Å². The molecule has 7 nitrogen and oxygen atoms in total. The molecule has 0 aliphatic rings. The Morgan fingerprint density at radius 3 is 2.29 bits per heavy atom. The topological polar surface area (TPSA) is 115 Å². The van der Waals surface area contributed by atoms with Crippen LogP contribution < -0.4 is 10.5 Å². The number of nitrogens with one attached hydrogen (secondary N) is 1. The standard InChI is InChI=1S/C12H10FN3O4S/c13-8-1-3-9(4-2-8)15-21(19,20)10-5-6-12(16(17)18)11(14)7-10/h1-7,15H,14H2. The van der Waals surface area contributed by atoms with E-state index < -0.39 is 20.8 Å². The number of halogens is 1. The summed E-state index contributed by atoms with van der Waals surface area (Å²) in [5.41, 5.74) is 4.97. The normalized spacial score (nSPS) is 11.1.